The van der Waals surface area contributed by atoms with E-state index in [9.17, 15) is 19.8 Å². The van der Waals surface area contributed by atoms with Crippen molar-refractivity contribution in [1.29, 1.82) is 0 Å². The molecule has 4 N–H and O–H groups in total. The van der Waals surface area contributed by atoms with Gasteiger partial charge in [0.15, 0.2) is 5.78 Å². The summed E-state index contributed by atoms with van der Waals surface area (Å²) in [5.41, 5.74) is 3.47. The van der Waals surface area contributed by atoms with Gasteiger partial charge in [0.2, 0.25) is 5.78 Å². The maximum absolute atomic E-state index is 12.3. The number of ketones is 2. The molecule has 47 heavy (non-hydrogen) atoms. The summed E-state index contributed by atoms with van der Waals surface area (Å²) in [5.74, 6) is -1.37. The summed E-state index contributed by atoms with van der Waals surface area (Å²) in [6.45, 7) is 1.73. The Kier molecular flexibility index (Phi) is 10.2. The quantitative estimate of drug-likeness (QED) is 0.170. The fourth-order valence-corrected chi connectivity index (χ4v) is 6.69. The van der Waals surface area contributed by atoms with Crippen molar-refractivity contribution >= 4 is 22.0 Å². The lowest BCUT2D eigenvalue weighted by Crippen LogP contribution is -2.43. The van der Waals surface area contributed by atoms with Crippen LogP contribution < -0.4 is 0 Å². The number of phenols is 2. The zero-order chi connectivity index (χ0) is 33.9. The Morgan fingerprint density at radius 3 is 1.77 bits per heavy atom. The van der Waals surface area contributed by atoms with Crippen molar-refractivity contribution in [3.05, 3.63) is 130 Å². The first-order valence-corrected chi connectivity index (χ1v) is 16.6. The first kappa shape index (κ1) is 34.0. The minimum absolute atomic E-state index is 0.0374. The summed E-state index contributed by atoms with van der Waals surface area (Å²) in [4.78, 5) is 27.2. The molecule has 246 valence electrons. The van der Waals surface area contributed by atoms with Gasteiger partial charge >= 0.3 is 10.4 Å². The van der Waals surface area contributed by atoms with Gasteiger partial charge in [-0.1, -0.05) is 72.8 Å². The average molecular weight is 660 g/mol. The highest BCUT2D eigenvalue weighted by Gasteiger charge is 2.40. The Bertz CT molecular complexity index is 1800. The molecule has 7 rings (SSSR count). The van der Waals surface area contributed by atoms with Gasteiger partial charge in [-0.2, -0.15) is 8.42 Å². The number of carbonyl (C=O) groups is 2. The molecule has 2 bridgehead atoms. The van der Waals surface area contributed by atoms with Crippen molar-refractivity contribution in [3.63, 3.8) is 0 Å². The number of aromatic hydroxyl groups is 2. The van der Waals surface area contributed by atoms with Crippen LogP contribution in [0.1, 0.15) is 80.3 Å². The number of fused-ring (bicyclic) bond motifs is 4. The summed E-state index contributed by atoms with van der Waals surface area (Å²) in [5, 5.41) is 19.6. The van der Waals surface area contributed by atoms with E-state index in [-0.39, 0.29) is 45.6 Å². The maximum Gasteiger partial charge on any atom is 0.394 e. The molecule has 0 aromatic heterocycles. The second-order valence-electron chi connectivity index (χ2n) is 12.0. The van der Waals surface area contributed by atoms with E-state index in [1.54, 1.807) is 13.0 Å². The van der Waals surface area contributed by atoms with Crippen molar-refractivity contribution in [2.45, 2.75) is 56.9 Å². The van der Waals surface area contributed by atoms with Gasteiger partial charge in [-0.15, -0.1) is 0 Å². The van der Waals surface area contributed by atoms with Crippen LogP contribution in [-0.4, -0.2) is 69.4 Å². The monoisotopic (exact) mass is 659 g/mol. The van der Waals surface area contributed by atoms with E-state index in [2.05, 4.69) is 72.6 Å². The van der Waals surface area contributed by atoms with E-state index < -0.39 is 16.2 Å². The van der Waals surface area contributed by atoms with Crippen LogP contribution in [0, 0.1) is 6.92 Å². The van der Waals surface area contributed by atoms with Crippen LogP contribution in [0.3, 0.4) is 0 Å². The predicted octanol–water partition coefficient (Wildman–Crippen LogP) is 5.95. The molecule has 2 fully saturated rings. The smallest absolute Gasteiger partial charge is 0.394 e. The van der Waals surface area contributed by atoms with Gasteiger partial charge in [0.25, 0.3) is 0 Å². The fraction of sp³-hybridized carbons (Fsp3) is 0.278. The second-order valence-corrected chi connectivity index (χ2v) is 12.9. The second kappa shape index (κ2) is 14.2. The van der Waals surface area contributed by atoms with E-state index in [1.807, 2.05) is 0 Å². The average Bonchev–Trinajstić information content (AvgIpc) is 3.22. The molecule has 2 saturated heterocycles. The molecule has 1 aliphatic carbocycles. The van der Waals surface area contributed by atoms with E-state index in [4.69, 9.17) is 22.3 Å². The van der Waals surface area contributed by atoms with Gasteiger partial charge in [-0.25, -0.2) is 0 Å². The Morgan fingerprint density at radius 2 is 1.23 bits per heavy atom. The Balaban J connectivity index is 0.000000164. The highest BCUT2D eigenvalue weighted by atomic mass is 32.3. The molecular formula is C36H37NO9S. The third-order valence-electron chi connectivity index (χ3n) is 8.84. The SMILES string of the molecule is CN1C2CCC1CC(OC(c1ccccc1)c1ccccc1)C2.Cc1cc(O)c2c(c1)C(=O)c1cccc(O)c1C2=O.O=S(=O)(O)O. The molecule has 0 amide bonds. The van der Waals surface area contributed by atoms with Gasteiger partial charge in [0.05, 0.1) is 17.2 Å². The van der Waals surface area contributed by atoms with Gasteiger partial charge in [-0.3, -0.25) is 18.7 Å². The normalized spacial score (nSPS) is 20.0. The maximum atomic E-state index is 12.3. The van der Waals surface area contributed by atoms with E-state index in [0.29, 0.717) is 23.8 Å². The highest BCUT2D eigenvalue weighted by molar-refractivity contribution is 7.79. The molecule has 10 nitrogen and oxygen atoms in total. The molecule has 0 spiro atoms. The zero-order valence-corrected chi connectivity index (χ0v) is 26.8. The van der Waals surface area contributed by atoms with Gasteiger partial charge in [-0.05, 0) is 74.5 Å². The molecule has 2 heterocycles. The minimum Gasteiger partial charge on any atom is -0.507 e. The third-order valence-corrected chi connectivity index (χ3v) is 8.84. The van der Waals surface area contributed by atoms with Crippen molar-refractivity contribution in [1.82, 2.24) is 4.90 Å². The van der Waals surface area contributed by atoms with E-state index >= 15 is 0 Å². The van der Waals surface area contributed by atoms with Crippen molar-refractivity contribution in [3.8, 4) is 11.5 Å². The number of benzene rings is 4. The van der Waals surface area contributed by atoms with Crippen LogP contribution in [0.5, 0.6) is 11.5 Å². The summed E-state index contributed by atoms with van der Waals surface area (Å²) in [6, 6.07) is 30.1. The lowest BCUT2D eigenvalue weighted by atomic mass is 9.82. The number of piperidine rings is 1. The molecular weight excluding hydrogens is 622 g/mol. The zero-order valence-electron chi connectivity index (χ0n) is 26.0. The fourth-order valence-electron chi connectivity index (χ4n) is 6.69. The highest BCUT2D eigenvalue weighted by Crippen LogP contribution is 2.39. The van der Waals surface area contributed by atoms with Crippen LogP contribution in [0.15, 0.2) is 91.0 Å². The Morgan fingerprint density at radius 1 is 0.723 bits per heavy atom. The number of carbonyl (C=O) groups excluding carboxylic acids is 2. The topological polar surface area (TPSA) is 162 Å². The molecule has 2 atom stereocenters. The minimum atomic E-state index is -4.67. The van der Waals surface area contributed by atoms with Crippen LogP contribution in [-0.2, 0) is 15.1 Å². The van der Waals surface area contributed by atoms with E-state index in [0.717, 1.165) is 0 Å². The first-order chi connectivity index (χ1) is 22.3. The number of ether oxygens (including phenoxy) is 1. The molecule has 2 unspecified atom stereocenters. The Labute approximate surface area is 273 Å². The standard InChI is InChI=1S/C21H25NO.C15H10O4.H2O4S/c1-22-18-12-13-19(22)15-20(14-18)23-21(16-8-4-2-5-9-16)17-10-6-3-7-11-17;1-7-5-9-13(11(17)6-7)15(19)12-8(14(9)18)3-2-4-10(12)16;1-5(2,3)4/h2-11,18-21H,12-15H2,1H3;2-6,16-17H,1H3;(H2,1,2,3,4). The predicted molar refractivity (Wildman–Crippen MR) is 175 cm³/mol. The van der Waals surface area contributed by atoms with Crippen molar-refractivity contribution in [2.24, 2.45) is 0 Å². The molecule has 0 saturated carbocycles. The molecule has 11 heteroatoms. The Hall–Kier alpha value is -4.39. The number of hydrogen-bond donors (Lipinski definition) is 4. The van der Waals surface area contributed by atoms with Crippen LogP contribution in [0.2, 0.25) is 0 Å². The van der Waals surface area contributed by atoms with Crippen molar-refractivity contribution < 1.29 is 42.1 Å². The van der Waals surface area contributed by atoms with Crippen LogP contribution >= 0.6 is 0 Å². The molecule has 4 aromatic rings. The van der Waals surface area contributed by atoms with Gasteiger partial charge in [0, 0.05) is 23.2 Å². The number of nitrogens with zero attached hydrogens (tertiary/aromatic N) is 1. The molecule has 0 radical (unpaired) electrons. The summed E-state index contributed by atoms with van der Waals surface area (Å²) < 4.78 is 38.2. The van der Waals surface area contributed by atoms with Gasteiger partial charge < -0.3 is 19.8 Å². The first-order valence-electron chi connectivity index (χ1n) is 15.2. The van der Waals surface area contributed by atoms with Crippen LogP contribution in [0.4, 0.5) is 0 Å². The number of hydrogen-bond acceptors (Lipinski definition) is 8. The lowest BCUT2D eigenvalue weighted by molar-refractivity contribution is -0.0426. The van der Waals surface area contributed by atoms with Crippen LogP contribution in [0.25, 0.3) is 0 Å². The summed E-state index contributed by atoms with van der Waals surface area (Å²) in [7, 11) is -2.38. The molecule has 2 aliphatic heterocycles. The summed E-state index contributed by atoms with van der Waals surface area (Å²) >= 11 is 0. The molecule has 3 aliphatic rings. The molecule has 4 aromatic carbocycles. The number of rotatable bonds is 4. The largest absolute Gasteiger partial charge is 0.507 e. The van der Waals surface area contributed by atoms with E-state index in [1.165, 1.54) is 61.1 Å². The number of aryl methyl sites for hydroxylation is 1. The van der Waals surface area contributed by atoms with Crippen molar-refractivity contribution in [2.75, 3.05) is 7.05 Å². The third kappa shape index (κ3) is 7.95. The number of phenolic OH excluding ortho intramolecular Hbond substituents is 2. The van der Waals surface area contributed by atoms with Gasteiger partial charge in [0.1, 0.15) is 17.6 Å². The lowest BCUT2D eigenvalue weighted by Gasteiger charge is -2.38. The summed E-state index contributed by atoms with van der Waals surface area (Å²) in [6.07, 6.45) is 5.43.